The van der Waals surface area contributed by atoms with Crippen LogP contribution in [0.1, 0.15) is 0 Å². The monoisotopic (exact) mass is 241 g/mol. The molecule has 88 valence electrons. The van der Waals surface area contributed by atoms with Crippen molar-refractivity contribution in [3.05, 3.63) is 29.3 Å². The molecule has 4 heteroatoms. The molecule has 16 heavy (non-hydrogen) atoms. The summed E-state index contributed by atoms with van der Waals surface area (Å²) < 4.78 is 0. The summed E-state index contributed by atoms with van der Waals surface area (Å²) in [6.45, 7) is 5.40. The van der Waals surface area contributed by atoms with Crippen LogP contribution in [0.15, 0.2) is 24.3 Å². The first kappa shape index (κ1) is 11.7. The molecule has 1 heterocycles. The number of quaternary nitrogens is 1. The molecule has 0 unspecified atom stereocenters. The molecule has 1 saturated heterocycles. The zero-order valence-corrected chi connectivity index (χ0v) is 10.1. The van der Waals surface area contributed by atoms with Crippen LogP contribution < -0.4 is 9.80 Å². The van der Waals surface area contributed by atoms with Crippen molar-refractivity contribution in [2.24, 2.45) is 0 Å². The summed E-state index contributed by atoms with van der Waals surface area (Å²) in [5.41, 5.74) is 1.20. The predicted molar refractivity (Wildman–Crippen MR) is 66.3 cm³/mol. The van der Waals surface area contributed by atoms with Gasteiger partial charge in [0.15, 0.2) is 0 Å². The molecular formula is C12H18ClN2O+. The second kappa shape index (κ2) is 5.53. The van der Waals surface area contributed by atoms with E-state index in [1.165, 1.54) is 10.6 Å². The first-order valence-electron chi connectivity index (χ1n) is 5.74. The van der Waals surface area contributed by atoms with Crippen molar-refractivity contribution in [3.63, 3.8) is 0 Å². The minimum Gasteiger partial charge on any atom is -0.391 e. The molecule has 1 aliphatic heterocycles. The van der Waals surface area contributed by atoms with Crippen LogP contribution in [0.3, 0.4) is 0 Å². The average Bonchev–Trinajstić information content (AvgIpc) is 2.30. The molecule has 0 bridgehead atoms. The SMILES string of the molecule is OCC[NH+]1CCN(c2cccc(Cl)c2)CC1. The van der Waals surface area contributed by atoms with E-state index in [0.717, 1.165) is 37.7 Å². The highest BCUT2D eigenvalue weighted by Gasteiger charge is 2.19. The molecule has 0 amide bonds. The van der Waals surface area contributed by atoms with Gasteiger partial charge in [0.1, 0.15) is 6.54 Å². The number of rotatable bonds is 3. The highest BCUT2D eigenvalue weighted by molar-refractivity contribution is 6.30. The fourth-order valence-corrected chi connectivity index (χ4v) is 2.35. The lowest BCUT2D eigenvalue weighted by Crippen LogP contribution is -3.15. The standard InChI is InChI=1S/C12H17ClN2O/c13-11-2-1-3-12(10-11)15-6-4-14(5-7-15)8-9-16/h1-3,10,16H,4-9H2/p+1. The van der Waals surface area contributed by atoms with Gasteiger partial charge in [0.25, 0.3) is 0 Å². The van der Waals surface area contributed by atoms with E-state index in [9.17, 15) is 0 Å². The van der Waals surface area contributed by atoms with Crippen molar-refractivity contribution in [1.29, 1.82) is 0 Å². The Morgan fingerprint density at radius 1 is 1.31 bits per heavy atom. The molecule has 0 atom stereocenters. The van der Waals surface area contributed by atoms with Gasteiger partial charge >= 0.3 is 0 Å². The van der Waals surface area contributed by atoms with E-state index in [2.05, 4.69) is 11.0 Å². The highest BCUT2D eigenvalue weighted by atomic mass is 35.5. The molecule has 2 rings (SSSR count). The van der Waals surface area contributed by atoms with E-state index >= 15 is 0 Å². The minimum atomic E-state index is 0.284. The van der Waals surface area contributed by atoms with Gasteiger partial charge in [0, 0.05) is 10.7 Å². The Kier molecular flexibility index (Phi) is 4.04. The molecule has 2 N–H and O–H groups in total. The van der Waals surface area contributed by atoms with Gasteiger partial charge in [0.2, 0.25) is 0 Å². The molecule has 1 aromatic rings. The fraction of sp³-hybridized carbons (Fsp3) is 0.500. The van der Waals surface area contributed by atoms with Crippen LogP contribution in [0.2, 0.25) is 5.02 Å². The van der Waals surface area contributed by atoms with Gasteiger partial charge in [-0.05, 0) is 18.2 Å². The molecule has 3 nitrogen and oxygen atoms in total. The van der Waals surface area contributed by atoms with Crippen molar-refractivity contribution >= 4 is 17.3 Å². The summed E-state index contributed by atoms with van der Waals surface area (Å²) in [6, 6.07) is 8.00. The zero-order valence-electron chi connectivity index (χ0n) is 9.32. The lowest BCUT2D eigenvalue weighted by molar-refractivity contribution is -0.900. The van der Waals surface area contributed by atoms with Crippen molar-refractivity contribution < 1.29 is 10.0 Å². The van der Waals surface area contributed by atoms with Crippen LogP contribution in [0.5, 0.6) is 0 Å². The van der Waals surface area contributed by atoms with Crippen LogP contribution in [0, 0.1) is 0 Å². The van der Waals surface area contributed by atoms with E-state index in [1.54, 1.807) is 0 Å². The molecule has 1 aromatic carbocycles. The largest absolute Gasteiger partial charge is 0.391 e. The van der Waals surface area contributed by atoms with Crippen LogP contribution in [-0.2, 0) is 0 Å². The molecule has 1 aliphatic rings. The average molecular weight is 242 g/mol. The van der Waals surface area contributed by atoms with E-state index in [4.69, 9.17) is 16.7 Å². The van der Waals surface area contributed by atoms with E-state index < -0.39 is 0 Å². The van der Waals surface area contributed by atoms with Crippen molar-refractivity contribution in [2.75, 3.05) is 44.2 Å². The summed E-state index contributed by atoms with van der Waals surface area (Å²) in [4.78, 5) is 3.84. The number of benzene rings is 1. The maximum absolute atomic E-state index is 8.89. The lowest BCUT2D eigenvalue weighted by Gasteiger charge is -2.33. The maximum Gasteiger partial charge on any atom is 0.101 e. The number of piperazine rings is 1. The molecular weight excluding hydrogens is 224 g/mol. The second-order valence-electron chi connectivity index (χ2n) is 4.19. The Labute approximate surface area is 101 Å². The Balaban J connectivity index is 1.94. The van der Waals surface area contributed by atoms with Gasteiger partial charge in [-0.1, -0.05) is 17.7 Å². The molecule has 0 aliphatic carbocycles. The summed E-state index contributed by atoms with van der Waals surface area (Å²) in [6.07, 6.45) is 0. The smallest absolute Gasteiger partial charge is 0.101 e. The van der Waals surface area contributed by atoms with Crippen LogP contribution in [-0.4, -0.2) is 44.4 Å². The van der Waals surface area contributed by atoms with Crippen molar-refractivity contribution in [3.8, 4) is 0 Å². The van der Waals surface area contributed by atoms with Crippen molar-refractivity contribution in [1.82, 2.24) is 0 Å². The molecule has 0 radical (unpaired) electrons. The number of aliphatic hydroxyl groups excluding tert-OH is 1. The summed E-state index contributed by atoms with van der Waals surface area (Å²) in [7, 11) is 0. The number of hydrogen-bond acceptors (Lipinski definition) is 2. The third kappa shape index (κ3) is 2.88. The lowest BCUT2D eigenvalue weighted by atomic mass is 10.2. The Bertz CT molecular complexity index is 338. The Morgan fingerprint density at radius 2 is 2.06 bits per heavy atom. The number of nitrogens with zero attached hydrogens (tertiary/aromatic N) is 1. The Morgan fingerprint density at radius 3 is 2.69 bits per heavy atom. The number of nitrogens with one attached hydrogen (secondary N) is 1. The first-order chi connectivity index (χ1) is 7.79. The maximum atomic E-state index is 8.89. The van der Waals surface area contributed by atoms with Gasteiger partial charge in [-0.2, -0.15) is 0 Å². The van der Waals surface area contributed by atoms with Gasteiger partial charge in [0.05, 0.1) is 32.8 Å². The molecule has 0 aromatic heterocycles. The normalized spacial score (nSPS) is 17.8. The van der Waals surface area contributed by atoms with E-state index in [-0.39, 0.29) is 6.61 Å². The third-order valence-electron chi connectivity index (χ3n) is 3.11. The molecule has 1 fully saturated rings. The zero-order chi connectivity index (χ0) is 11.4. The number of hydrogen-bond donors (Lipinski definition) is 2. The minimum absolute atomic E-state index is 0.284. The molecule has 0 saturated carbocycles. The van der Waals surface area contributed by atoms with Gasteiger partial charge in [-0.15, -0.1) is 0 Å². The Hall–Kier alpha value is -0.770. The third-order valence-corrected chi connectivity index (χ3v) is 3.34. The van der Waals surface area contributed by atoms with E-state index in [1.807, 2.05) is 18.2 Å². The number of aliphatic hydroxyl groups is 1. The van der Waals surface area contributed by atoms with Crippen LogP contribution in [0.4, 0.5) is 5.69 Å². The second-order valence-corrected chi connectivity index (χ2v) is 4.63. The topological polar surface area (TPSA) is 27.9 Å². The fourth-order valence-electron chi connectivity index (χ4n) is 2.16. The van der Waals surface area contributed by atoms with Crippen molar-refractivity contribution in [2.45, 2.75) is 0 Å². The number of halogens is 1. The quantitative estimate of drug-likeness (QED) is 0.782. The number of anilines is 1. The van der Waals surface area contributed by atoms with Gasteiger partial charge in [-0.3, -0.25) is 0 Å². The highest BCUT2D eigenvalue weighted by Crippen LogP contribution is 2.19. The van der Waals surface area contributed by atoms with Gasteiger partial charge < -0.3 is 14.9 Å². The molecule has 0 spiro atoms. The van der Waals surface area contributed by atoms with Crippen LogP contribution in [0.25, 0.3) is 0 Å². The summed E-state index contributed by atoms with van der Waals surface area (Å²) >= 11 is 5.98. The first-order valence-corrected chi connectivity index (χ1v) is 6.12. The predicted octanol–water partition coefficient (Wildman–Crippen LogP) is 0.0372. The van der Waals surface area contributed by atoms with Crippen LogP contribution >= 0.6 is 11.6 Å². The van der Waals surface area contributed by atoms with Gasteiger partial charge in [-0.25, -0.2) is 0 Å². The van der Waals surface area contributed by atoms with E-state index in [0.29, 0.717) is 0 Å². The summed E-state index contributed by atoms with van der Waals surface area (Å²) in [5, 5.41) is 9.68. The summed E-state index contributed by atoms with van der Waals surface area (Å²) in [5.74, 6) is 0.